The van der Waals surface area contributed by atoms with Crippen LogP contribution in [0, 0.1) is 13.8 Å². The fourth-order valence-electron chi connectivity index (χ4n) is 3.90. The van der Waals surface area contributed by atoms with Gasteiger partial charge in [0, 0.05) is 42.3 Å². The SMILES string of the molecule is CC[C@@H](C)NC(=O)[C@H](CC)N(Cc1c(Cl)cccc1Cl)C(=O)CN(c1cc(C)ccc1C)S(=O)(=O)N(C)C. The lowest BCUT2D eigenvalue weighted by Gasteiger charge is -2.35. The Balaban J connectivity index is 2.62. The molecule has 2 atom stereocenters. The highest BCUT2D eigenvalue weighted by Crippen LogP contribution is 2.29. The molecule has 2 aromatic carbocycles. The molecule has 1 N–H and O–H groups in total. The molecule has 0 aliphatic heterocycles. The molecule has 2 amide bonds. The van der Waals surface area contributed by atoms with Crippen LogP contribution in [0.15, 0.2) is 36.4 Å². The number of aryl methyl sites for hydroxylation is 2. The van der Waals surface area contributed by atoms with Crippen LogP contribution in [0.25, 0.3) is 0 Å². The summed E-state index contributed by atoms with van der Waals surface area (Å²) in [5.74, 6) is -0.884. The van der Waals surface area contributed by atoms with E-state index < -0.39 is 28.7 Å². The molecule has 0 spiro atoms. The van der Waals surface area contributed by atoms with Crippen molar-refractivity contribution in [3.05, 3.63) is 63.1 Å². The van der Waals surface area contributed by atoms with Crippen molar-refractivity contribution >= 4 is 50.9 Å². The smallest absolute Gasteiger partial charge is 0.304 e. The van der Waals surface area contributed by atoms with Gasteiger partial charge in [0.1, 0.15) is 12.6 Å². The van der Waals surface area contributed by atoms with Gasteiger partial charge in [-0.1, -0.05) is 55.2 Å². The maximum absolute atomic E-state index is 14.0. The number of hydrogen-bond acceptors (Lipinski definition) is 4. The monoisotopic (exact) mass is 584 g/mol. The quantitative estimate of drug-likeness (QED) is 0.382. The fourth-order valence-corrected chi connectivity index (χ4v) is 5.53. The third-order valence-corrected chi connectivity index (χ3v) is 8.94. The minimum Gasteiger partial charge on any atom is -0.352 e. The van der Waals surface area contributed by atoms with Crippen LogP contribution in [0.5, 0.6) is 0 Å². The molecule has 0 aliphatic rings. The first-order valence-electron chi connectivity index (χ1n) is 12.5. The number of amides is 2. The first kappa shape index (κ1) is 31.9. The Kier molecular flexibility index (Phi) is 11.4. The minimum atomic E-state index is -4.06. The second-order valence-corrected chi connectivity index (χ2v) is 12.4. The highest BCUT2D eigenvalue weighted by atomic mass is 35.5. The number of nitrogens with zero attached hydrogens (tertiary/aromatic N) is 3. The molecule has 0 saturated carbocycles. The number of carbonyl (C=O) groups excluding carboxylic acids is 2. The zero-order chi connectivity index (χ0) is 28.8. The molecule has 11 heteroatoms. The summed E-state index contributed by atoms with van der Waals surface area (Å²) < 4.78 is 29.0. The van der Waals surface area contributed by atoms with E-state index in [1.165, 1.54) is 19.0 Å². The molecule has 0 fully saturated rings. The second kappa shape index (κ2) is 13.6. The van der Waals surface area contributed by atoms with Crippen molar-refractivity contribution < 1.29 is 18.0 Å². The lowest BCUT2D eigenvalue weighted by atomic mass is 10.1. The Bertz CT molecular complexity index is 1230. The van der Waals surface area contributed by atoms with Crippen molar-refractivity contribution in [1.29, 1.82) is 0 Å². The summed E-state index contributed by atoms with van der Waals surface area (Å²) in [6, 6.07) is 9.45. The van der Waals surface area contributed by atoms with Crippen LogP contribution >= 0.6 is 23.2 Å². The normalized spacial score (nSPS) is 13.2. The lowest BCUT2D eigenvalue weighted by Crippen LogP contribution is -2.54. The second-order valence-electron chi connectivity index (χ2n) is 9.55. The fraction of sp³-hybridized carbons (Fsp3) is 0.481. The summed E-state index contributed by atoms with van der Waals surface area (Å²) in [6.07, 6.45) is 1.02. The Labute approximate surface area is 237 Å². The van der Waals surface area contributed by atoms with E-state index in [4.69, 9.17) is 23.2 Å². The molecule has 0 heterocycles. The number of anilines is 1. The van der Waals surface area contributed by atoms with Crippen LogP contribution in [-0.4, -0.2) is 62.2 Å². The summed E-state index contributed by atoms with van der Waals surface area (Å²) in [5.41, 5.74) is 2.40. The highest BCUT2D eigenvalue weighted by Gasteiger charge is 2.35. The van der Waals surface area contributed by atoms with Crippen LogP contribution in [0.3, 0.4) is 0 Å². The van der Waals surface area contributed by atoms with E-state index in [0.717, 1.165) is 14.2 Å². The molecule has 0 aliphatic carbocycles. The summed E-state index contributed by atoms with van der Waals surface area (Å²) in [5, 5.41) is 3.64. The number of halogens is 2. The van der Waals surface area contributed by atoms with Gasteiger partial charge >= 0.3 is 10.2 Å². The average molecular weight is 586 g/mol. The van der Waals surface area contributed by atoms with Gasteiger partial charge in [-0.2, -0.15) is 12.7 Å². The van der Waals surface area contributed by atoms with Gasteiger partial charge in [-0.25, -0.2) is 4.31 Å². The molecule has 8 nitrogen and oxygen atoms in total. The standard InChI is InChI=1S/C27H38Cl2N4O4S/c1-8-20(5)30-27(35)24(9-2)32(16-21-22(28)11-10-12-23(21)29)26(34)17-33(38(36,37)31(6)7)25-15-18(3)13-14-19(25)4/h10-15,20,24H,8-9,16-17H2,1-7H3,(H,30,35)/t20-,24+/m1/s1. The van der Waals surface area contributed by atoms with E-state index in [0.29, 0.717) is 39.7 Å². The third kappa shape index (κ3) is 7.62. The van der Waals surface area contributed by atoms with Crippen LogP contribution in [0.4, 0.5) is 5.69 Å². The molecule has 38 heavy (non-hydrogen) atoms. The van der Waals surface area contributed by atoms with Gasteiger partial charge in [0.05, 0.1) is 5.69 Å². The number of carbonyl (C=O) groups is 2. The Morgan fingerprint density at radius 2 is 1.61 bits per heavy atom. The molecule has 0 aromatic heterocycles. The van der Waals surface area contributed by atoms with Crippen molar-refractivity contribution in [1.82, 2.24) is 14.5 Å². The highest BCUT2D eigenvalue weighted by molar-refractivity contribution is 7.90. The number of rotatable bonds is 12. The van der Waals surface area contributed by atoms with Gasteiger partial charge < -0.3 is 10.2 Å². The van der Waals surface area contributed by atoms with E-state index in [9.17, 15) is 18.0 Å². The van der Waals surface area contributed by atoms with Gasteiger partial charge in [0.15, 0.2) is 0 Å². The Hall–Kier alpha value is -2.33. The van der Waals surface area contributed by atoms with Crippen molar-refractivity contribution in [2.24, 2.45) is 0 Å². The zero-order valence-electron chi connectivity index (χ0n) is 23.1. The van der Waals surface area contributed by atoms with E-state index in [1.807, 2.05) is 32.9 Å². The molecule has 0 radical (unpaired) electrons. The predicted molar refractivity (Wildman–Crippen MR) is 155 cm³/mol. The number of benzene rings is 2. The maximum Gasteiger partial charge on any atom is 0.304 e. The Morgan fingerprint density at radius 3 is 2.13 bits per heavy atom. The summed E-state index contributed by atoms with van der Waals surface area (Å²) in [6.45, 7) is 8.69. The van der Waals surface area contributed by atoms with E-state index in [2.05, 4.69) is 5.32 Å². The molecule has 0 unspecified atom stereocenters. The average Bonchev–Trinajstić information content (AvgIpc) is 2.85. The zero-order valence-corrected chi connectivity index (χ0v) is 25.4. The largest absolute Gasteiger partial charge is 0.352 e. The van der Waals surface area contributed by atoms with Gasteiger partial charge in [-0.3, -0.25) is 9.59 Å². The molecule has 0 saturated heterocycles. The molecule has 2 aromatic rings. The van der Waals surface area contributed by atoms with Crippen LogP contribution in [-0.2, 0) is 26.3 Å². The van der Waals surface area contributed by atoms with E-state index in [-0.39, 0.29) is 18.5 Å². The van der Waals surface area contributed by atoms with Crippen LogP contribution in [0.2, 0.25) is 10.0 Å². The van der Waals surface area contributed by atoms with E-state index in [1.54, 1.807) is 38.1 Å². The van der Waals surface area contributed by atoms with Crippen molar-refractivity contribution in [3.8, 4) is 0 Å². The van der Waals surface area contributed by atoms with E-state index >= 15 is 0 Å². The van der Waals surface area contributed by atoms with Crippen molar-refractivity contribution in [2.45, 2.75) is 66.1 Å². The van der Waals surface area contributed by atoms with Crippen molar-refractivity contribution in [3.63, 3.8) is 0 Å². The molecule has 0 bridgehead atoms. The van der Waals surface area contributed by atoms with Crippen molar-refractivity contribution in [2.75, 3.05) is 24.9 Å². The number of hydrogen-bond donors (Lipinski definition) is 1. The molecular formula is C27H38Cl2N4O4S. The maximum atomic E-state index is 14.0. The third-order valence-electron chi connectivity index (χ3n) is 6.43. The summed E-state index contributed by atoms with van der Waals surface area (Å²) >= 11 is 12.9. The van der Waals surface area contributed by atoms with Gasteiger partial charge in [-0.05, 0) is 62.9 Å². The molecule has 2 rings (SSSR count). The first-order chi connectivity index (χ1) is 17.7. The lowest BCUT2D eigenvalue weighted by molar-refractivity contribution is -0.140. The van der Waals surface area contributed by atoms with Gasteiger partial charge in [0.2, 0.25) is 11.8 Å². The van der Waals surface area contributed by atoms with Gasteiger partial charge in [0.25, 0.3) is 0 Å². The van der Waals surface area contributed by atoms with Crippen LogP contribution < -0.4 is 9.62 Å². The topological polar surface area (TPSA) is 90.0 Å². The summed E-state index contributed by atoms with van der Waals surface area (Å²) in [4.78, 5) is 28.7. The minimum absolute atomic E-state index is 0.0631. The molecule has 210 valence electrons. The van der Waals surface area contributed by atoms with Crippen LogP contribution in [0.1, 0.15) is 50.3 Å². The molecular weight excluding hydrogens is 547 g/mol. The van der Waals surface area contributed by atoms with Gasteiger partial charge in [-0.15, -0.1) is 0 Å². The number of nitrogens with one attached hydrogen (secondary N) is 1. The predicted octanol–water partition coefficient (Wildman–Crippen LogP) is 4.95. The summed E-state index contributed by atoms with van der Waals surface area (Å²) in [7, 11) is -1.24. The Morgan fingerprint density at radius 1 is 1.00 bits per heavy atom. The first-order valence-corrected chi connectivity index (χ1v) is 14.7.